The fourth-order valence-electron chi connectivity index (χ4n) is 1.40. The highest BCUT2D eigenvalue weighted by atomic mass is 16.5. The molecule has 0 aromatic carbocycles. The number of hydrogen-bond acceptors (Lipinski definition) is 3. The van der Waals surface area contributed by atoms with Gasteiger partial charge in [-0.1, -0.05) is 20.3 Å². The van der Waals surface area contributed by atoms with E-state index in [1.54, 1.807) is 0 Å². The zero-order valence-electron chi connectivity index (χ0n) is 11.5. The van der Waals surface area contributed by atoms with Crippen LogP contribution in [0.15, 0.2) is 0 Å². The van der Waals surface area contributed by atoms with Gasteiger partial charge >= 0.3 is 12.0 Å². The molecule has 6 heteroatoms. The Kier molecular flexibility index (Phi) is 8.11. The Morgan fingerprint density at radius 3 is 2.33 bits per heavy atom. The van der Waals surface area contributed by atoms with Crippen molar-refractivity contribution in [3.63, 3.8) is 0 Å². The molecule has 0 aliphatic rings. The van der Waals surface area contributed by atoms with E-state index in [-0.39, 0.29) is 19.1 Å². The third-order valence-electron chi connectivity index (χ3n) is 3.07. The molecular formula is C12H24N2O4. The molecule has 106 valence electrons. The van der Waals surface area contributed by atoms with Crippen molar-refractivity contribution in [2.75, 3.05) is 13.7 Å². The summed E-state index contributed by atoms with van der Waals surface area (Å²) in [4.78, 5) is 22.5. The minimum Gasteiger partial charge on any atom is -0.480 e. The Morgan fingerprint density at radius 2 is 1.89 bits per heavy atom. The van der Waals surface area contributed by atoms with Crippen molar-refractivity contribution in [3.8, 4) is 0 Å². The van der Waals surface area contributed by atoms with E-state index in [9.17, 15) is 9.59 Å². The van der Waals surface area contributed by atoms with Gasteiger partial charge in [-0.3, -0.25) is 0 Å². The Morgan fingerprint density at radius 1 is 1.28 bits per heavy atom. The molecule has 3 atom stereocenters. The first kappa shape index (κ1) is 16.7. The Hall–Kier alpha value is -1.30. The first-order valence-electron chi connectivity index (χ1n) is 6.21. The predicted molar refractivity (Wildman–Crippen MR) is 68.5 cm³/mol. The van der Waals surface area contributed by atoms with Gasteiger partial charge in [0.1, 0.15) is 6.04 Å². The summed E-state index contributed by atoms with van der Waals surface area (Å²) in [5, 5.41) is 14.1. The molecule has 0 bridgehead atoms. The van der Waals surface area contributed by atoms with E-state index < -0.39 is 18.0 Å². The molecule has 0 spiro atoms. The van der Waals surface area contributed by atoms with Crippen molar-refractivity contribution in [2.45, 2.75) is 45.7 Å². The van der Waals surface area contributed by atoms with Gasteiger partial charge in [-0.05, 0) is 12.8 Å². The van der Waals surface area contributed by atoms with Gasteiger partial charge in [0.05, 0.1) is 0 Å². The van der Waals surface area contributed by atoms with Gasteiger partial charge < -0.3 is 20.5 Å². The zero-order chi connectivity index (χ0) is 14.1. The number of rotatable bonds is 8. The van der Waals surface area contributed by atoms with Crippen LogP contribution in [0.5, 0.6) is 0 Å². The fraction of sp³-hybridized carbons (Fsp3) is 0.833. The lowest BCUT2D eigenvalue weighted by Crippen LogP contribution is -2.50. The molecule has 0 heterocycles. The summed E-state index contributed by atoms with van der Waals surface area (Å²) in [5.41, 5.74) is 0. The summed E-state index contributed by atoms with van der Waals surface area (Å²) in [6, 6.07) is -1.37. The third kappa shape index (κ3) is 6.44. The van der Waals surface area contributed by atoms with Crippen LogP contribution in [-0.2, 0) is 9.53 Å². The van der Waals surface area contributed by atoms with Crippen molar-refractivity contribution in [2.24, 2.45) is 5.92 Å². The standard InChI is InChI=1S/C12H24N2O4/c1-5-8(2)9(3)13-12(17)14-10(11(15)16)6-7-18-4/h8-10H,5-7H2,1-4H3,(H,15,16)(H2,13,14,17). The van der Waals surface area contributed by atoms with Crippen LogP contribution in [0.4, 0.5) is 4.79 Å². The van der Waals surface area contributed by atoms with Gasteiger partial charge in [-0.2, -0.15) is 0 Å². The van der Waals surface area contributed by atoms with Crippen LogP contribution in [0, 0.1) is 5.92 Å². The molecule has 0 saturated heterocycles. The summed E-state index contributed by atoms with van der Waals surface area (Å²) in [5.74, 6) is -0.712. The third-order valence-corrected chi connectivity index (χ3v) is 3.07. The highest BCUT2D eigenvalue weighted by molar-refractivity contribution is 5.82. The fourth-order valence-corrected chi connectivity index (χ4v) is 1.40. The van der Waals surface area contributed by atoms with E-state index in [0.29, 0.717) is 5.92 Å². The first-order valence-corrected chi connectivity index (χ1v) is 6.21. The van der Waals surface area contributed by atoms with E-state index in [1.807, 2.05) is 20.8 Å². The average molecular weight is 260 g/mol. The largest absolute Gasteiger partial charge is 0.480 e. The van der Waals surface area contributed by atoms with Crippen LogP contribution in [0.3, 0.4) is 0 Å². The molecule has 0 aliphatic heterocycles. The topological polar surface area (TPSA) is 87.7 Å². The number of carboxylic acid groups (broad SMARTS) is 1. The molecular weight excluding hydrogens is 236 g/mol. The summed E-state index contributed by atoms with van der Waals surface area (Å²) in [7, 11) is 1.49. The van der Waals surface area contributed by atoms with Crippen molar-refractivity contribution in [1.29, 1.82) is 0 Å². The number of urea groups is 1. The second kappa shape index (κ2) is 8.74. The highest BCUT2D eigenvalue weighted by Gasteiger charge is 2.21. The monoisotopic (exact) mass is 260 g/mol. The number of aliphatic carboxylic acids is 1. The quantitative estimate of drug-likeness (QED) is 0.612. The lowest BCUT2D eigenvalue weighted by Gasteiger charge is -2.22. The van der Waals surface area contributed by atoms with Crippen molar-refractivity contribution in [1.82, 2.24) is 10.6 Å². The number of amides is 2. The molecule has 0 aromatic heterocycles. The lowest BCUT2D eigenvalue weighted by atomic mass is 10.0. The number of ether oxygens (including phenoxy) is 1. The maximum Gasteiger partial charge on any atom is 0.326 e. The molecule has 18 heavy (non-hydrogen) atoms. The molecule has 0 rings (SSSR count). The van der Waals surface area contributed by atoms with Crippen molar-refractivity contribution >= 4 is 12.0 Å². The van der Waals surface area contributed by atoms with Crippen LogP contribution >= 0.6 is 0 Å². The van der Waals surface area contributed by atoms with Gasteiger partial charge in [-0.25, -0.2) is 9.59 Å². The van der Waals surface area contributed by atoms with Gasteiger partial charge in [0.25, 0.3) is 0 Å². The summed E-state index contributed by atoms with van der Waals surface area (Å²) >= 11 is 0. The maximum atomic E-state index is 11.6. The molecule has 6 nitrogen and oxygen atoms in total. The number of carbonyl (C=O) groups excluding carboxylic acids is 1. The van der Waals surface area contributed by atoms with Crippen LogP contribution in [0.2, 0.25) is 0 Å². The second-order valence-electron chi connectivity index (χ2n) is 4.46. The number of nitrogens with one attached hydrogen (secondary N) is 2. The van der Waals surface area contributed by atoms with Crippen LogP contribution in [-0.4, -0.2) is 42.9 Å². The van der Waals surface area contributed by atoms with Gasteiger partial charge in [-0.15, -0.1) is 0 Å². The van der Waals surface area contributed by atoms with E-state index in [2.05, 4.69) is 10.6 Å². The van der Waals surface area contributed by atoms with E-state index in [0.717, 1.165) is 6.42 Å². The Labute approximate surface area is 108 Å². The van der Waals surface area contributed by atoms with Gasteiger partial charge in [0.2, 0.25) is 0 Å². The lowest BCUT2D eigenvalue weighted by molar-refractivity contribution is -0.139. The second-order valence-corrected chi connectivity index (χ2v) is 4.46. The smallest absolute Gasteiger partial charge is 0.326 e. The highest BCUT2D eigenvalue weighted by Crippen LogP contribution is 2.06. The van der Waals surface area contributed by atoms with Crippen LogP contribution < -0.4 is 10.6 Å². The maximum absolute atomic E-state index is 11.6. The Balaban J connectivity index is 4.21. The number of methoxy groups -OCH3 is 1. The number of carbonyl (C=O) groups is 2. The normalized spacial score (nSPS) is 15.6. The molecule has 0 radical (unpaired) electrons. The average Bonchev–Trinajstić information content (AvgIpc) is 2.32. The Bertz CT molecular complexity index is 271. The van der Waals surface area contributed by atoms with Crippen LogP contribution in [0.1, 0.15) is 33.6 Å². The summed E-state index contributed by atoms with van der Waals surface area (Å²) < 4.78 is 4.81. The van der Waals surface area contributed by atoms with Gasteiger partial charge in [0, 0.05) is 26.2 Å². The minimum absolute atomic E-state index is 0.00636. The van der Waals surface area contributed by atoms with E-state index >= 15 is 0 Å². The first-order chi connectivity index (χ1) is 8.42. The van der Waals surface area contributed by atoms with Crippen molar-refractivity contribution < 1.29 is 19.4 Å². The SMILES string of the molecule is CCC(C)C(C)NC(=O)NC(CCOC)C(=O)O. The molecule has 0 fully saturated rings. The minimum atomic E-state index is -1.06. The molecule has 0 saturated carbocycles. The molecule has 0 aromatic rings. The number of hydrogen-bond donors (Lipinski definition) is 3. The number of carboxylic acids is 1. The van der Waals surface area contributed by atoms with Crippen molar-refractivity contribution in [3.05, 3.63) is 0 Å². The summed E-state index contributed by atoms with van der Waals surface area (Å²) in [6.07, 6.45) is 1.20. The molecule has 3 N–H and O–H groups in total. The molecule has 0 aliphatic carbocycles. The van der Waals surface area contributed by atoms with Crippen LogP contribution in [0.25, 0.3) is 0 Å². The predicted octanol–water partition coefficient (Wildman–Crippen LogP) is 1.21. The van der Waals surface area contributed by atoms with E-state index in [1.165, 1.54) is 7.11 Å². The molecule has 3 unspecified atom stereocenters. The molecule has 2 amide bonds. The zero-order valence-corrected chi connectivity index (χ0v) is 11.5. The summed E-state index contributed by atoms with van der Waals surface area (Å²) in [6.45, 7) is 6.26. The van der Waals surface area contributed by atoms with E-state index in [4.69, 9.17) is 9.84 Å². The van der Waals surface area contributed by atoms with Gasteiger partial charge in [0.15, 0.2) is 0 Å².